The first-order valence-corrected chi connectivity index (χ1v) is 5.82. The molecule has 0 aromatic heterocycles. The molecule has 1 saturated carbocycles. The zero-order valence-electron chi connectivity index (χ0n) is 9.24. The van der Waals surface area contributed by atoms with Crippen LogP contribution in [-0.4, -0.2) is 11.7 Å². The molecule has 0 aliphatic heterocycles. The molecule has 0 bridgehead atoms. The molecule has 0 saturated heterocycles. The van der Waals surface area contributed by atoms with Crippen LogP contribution in [0.1, 0.15) is 37.8 Å². The Balaban J connectivity index is 2.00. The Kier molecular flexibility index (Phi) is 3.27. The Labute approximate surface area is 91.3 Å². The molecule has 1 aromatic carbocycles. The number of para-hydroxylation sites is 1. The second-order valence-electron chi connectivity index (χ2n) is 4.37. The summed E-state index contributed by atoms with van der Waals surface area (Å²) in [5.74, 6) is 1.29. The zero-order chi connectivity index (χ0) is 10.7. The van der Waals surface area contributed by atoms with Gasteiger partial charge in [0.25, 0.3) is 0 Å². The number of hydrogen-bond donors (Lipinski definition) is 2. The monoisotopic (exact) mass is 205 g/mol. The van der Waals surface area contributed by atoms with Crippen LogP contribution < -0.4 is 5.32 Å². The highest BCUT2D eigenvalue weighted by Gasteiger charge is 2.22. The van der Waals surface area contributed by atoms with Gasteiger partial charge in [-0.25, -0.2) is 0 Å². The highest BCUT2D eigenvalue weighted by molar-refractivity contribution is 5.34. The van der Waals surface area contributed by atoms with Gasteiger partial charge in [0, 0.05) is 11.6 Å². The summed E-state index contributed by atoms with van der Waals surface area (Å²) in [4.78, 5) is 0. The van der Waals surface area contributed by atoms with Crippen molar-refractivity contribution in [3.63, 3.8) is 0 Å². The topological polar surface area (TPSA) is 32.3 Å². The average Bonchev–Trinajstić information content (AvgIpc) is 3.05. The van der Waals surface area contributed by atoms with Gasteiger partial charge in [-0.3, -0.25) is 0 Å². The zero-order valence-corrected chi connectivity index (χ0v) is 9.24. The molecule has 0 radical (unpaired) electrons. The van der Waals surface area contributed by atoms with Gasteiger partial charge in [-0.15, -0.1) is 0 Å². The van der Waals surface area contributed by atoms with Gasteiger partial charge in [-0.2, -0.15) is 0 Å². The standard InChI is InChI=1S/C13H19NO/c1-2-12(14-9-10-7-8-10)11-5-3-4-6-13(11)15/h3-6,10,12,14-15H,2,7-9H2,1H3/t12-/m1/s1. The number of aromatic hydroxyl groups is 1. The molecule has 0 spiro atoms. The van der Waals surface area contributed by atoms with E-state index in [1.807, 2.05) is 18.2 Å². The molecule has 0 unspecified atom stereocenters. The van der Waals surface area contributed by atoms with Crippen molar-refractivity contribution in [3.8, 4) is 5.75 Å². The van der Waals surface area contributed by atoms with Crippen LogP contribution in [-0.2, 0) is 0 Å². The van der Waals surface area contributed by atoms with Crippen molar-refractivity contribution in [3.05, 3.63) is 29.8 Å². The molecule has 0 heterocycles. The van der Waals surface area contributed by atoms with E-state index in [4.69, 9.17) is 0 Å². The maximum Gasteiger partial charge on any atom is 0.120 e. The summed E-state index contributed by atoms with van der Waals surface area (Å²) in [6.07, 6.45) is 3.75. The lowest BCUT2D eigenvalue weighted by molar-refractivity contribution is 0.438. The maximum absolute atomic E-state index is 9.75. The molecule has 1 aromatic rings. The first-order chi connectivity index (χ1) is 7.31. The van der Waals surface area contributed by atoms with Gasteiger partial charge in [0.1, 0.15) is 5.75 Å². The summed E-state index contributed by atoms with van der Waals surface area (Å²) in [5, 5.41) is 13.3. The summed E-state index contributed by atoms with van der Waals surface area (Å²) in [7, 11) is 0. The van der Waals surface area contributed by atoms with Crippen molar-refractivity contribution in [1.82, 2.24) is 5.32 Å². The fourth-order valence-electron chi connectivity index (χ4n) is 1.89. The molecule has 2 nitrogen and oxygen atoms in total. The molecular weight excluding hydrogens is 186 g/mol. The van der Waals surface area contributed by atoms with Gasteiger partial charge in [-0.05, 0) is 37.8 Å². The van der Waals surface area contributed by atoms with Gasteiger partial charge in [-0.1, -0.05) is 25.1 Å². The summed E-state index contributed by atoms with van der Waals surface area (Å²) < 4.78 is 0. The van der Waals surface area contributed by atoms with E-state index in [0.717, 1.165) is 24.4 Å². The normalized spacial score (nSPS) is 17.7. The smallest absolute Gasteiger partial charge is 0.120 e. The fourth-order valence-corrected chi connectivity index (χ4v) is 1.89. The number of benzene rings is 1. The van der Waals surface area contributed by atoms with E-state index in [0.29, 0.717) is 11.8 Å². The molecular formula is C13H19NO. The van der Waals surface area contributed by atoms with E-state index in [2.05, 4.69) is 12.2 Å². The Morgan fingerprint density at radius 3 is 2.73 bits per heavy atom. The van der Waals surface area contributed by atoms with Crippen molar-refractivity contribution in [1.29, 1.82) is 0 Å². The molecule has 82 valence electrons. The van der Waals surface area contributed by atoms with Crippen molar-refractivity contribution in [2.45, 2.75) is 32.2 Å². The molecule has 2 N–H and O–H groups in total. The summed E-state index contributed by atoms with van der Waals surface area (Å²) in [5.41, 5.74) is 1.03. The van der Waals surface area contributed by atoms with Crippen molar-refractivity contribution in [2.75, 3.05) is 6.54 Å². The molecule has 15 heavy (non-hydrogen) atoms. The third kappa shape index (κ3) is 2.72. The van der Waals surface area contributed by atoms with Crippen LogP contribution in [0.5, 0.6) is 5.75 Å². The quantitative estimate of drug-likeness (QED) is 0.774. The molecule has 1 atom stereocenters. The molecule has 2 heteroatoms. The number of nitrogens with one attached hydrogen (secondary N) is 1. The second kappa shape index (κ2) is 4.67. The molecule has 0 amide bonds. The summed E-state index contributed by atoms with van der Waals surface area (Å²) in [6, 6.07) is 7.91. The molecule has 1 aliphatic rings. The predicted octanol–water partition coefficient (Wildman–Crippen LogP) is 2.84. The van der Waals surface area contributed by atoms with Crippen LogP contribution in [0, 0.1) is 5.92 Å². The number of phenols is 1. The van der Waals surface area contributed by atoms with Crippen molar-refractivity contribution < 1.29 is 5.11 Å². The minimum Gasteiger partial charge on any atom is -0.508 e. The highest BCUT2D eigenvalue weighted by atomic mass is 16.3. The third-order valence-electron chi connectivity index (χ3n) is 3.07. The molecule has 1 aliphatic carbocycles. The lowest BCUT2D eigenvalue weighted by Gasteiger charge is -2.18. The summed E-state index contributed by atoms with van der Waals surface area (Å²) in [6.45, 7) is 3.24. The fraction of sp³-hybridized carbons (Fsp3) is 0.538. The van der Waals surface area contributed by atoms with E-state index < -0.39 is 0 Å². The van der Waals surface area contributed by atoms with Crippen LogP contribution in [0.3, 0.4) is 0 Å². The minimum absolute atomic E-state index is 0.298. The van der Waals surface area contributed by atoms with Gasteiger partial charge >= 0.3 is 0 Å². The van der Waals surface area contributed by atoms with E-state index in [1.54, 1.807) is 6.07 Å². The highest BCUT2D eigenvalue weighted by Crippen LogP contribution is 2.30. The molecule has 2 rings (SSSR count). The summed E-state index contributed by atoms with van der Waals surface area (Å²) >= 11 is 0. The van der Waals surface area contributed by atoms with Crippen LogP contribution >= 0.6 is 0 Å². The number of hydrogen-bond acceptors (Lipinski definition) is 2. The van der Waals surface area contributed by atoms with Crippen molar-refractivity contribution in [2.24, 2.45) is 5.92 Å². The van der Waals surface area contributed by atoms with Gasteiger partial charge < -0.3 is 10.4 Å². The van der Waals surface area contributed by atoms with Crippen molar-refractivity contribution >= 4 is 0 Å². The first kappa shape index (κ1) is 10.5. The lowest BCUT2D eigenvalue weighted by Crippen LogP contribution is -2.23. The number of rotatable bonds is 5. The Morgan fingerprint density at radius 2 is 2.13 bits per heavy atom. The van der Waals surface area contributed by atoms with Crippen LogP contribution in [0.15, 0.2) is 24.3 Å². The van der Waals surface area contributed by atoms with Crippen LogP contribution in [0.25, 0.3) is 0 Å². The third-order valence-corrected chi connectivity index (χ3v) is 3.07. The van der Waals surface area contributed by atoms with Gasteiger partial charge in [0.15, 0.2) is 0 Å². The van der Waals surface area contributed by atoms with Crippen LogP contribution in [0.4, 0.5) is 0 Å². The number of phenolic OH excluding ortho intramolecular Hbond substituents is 1. The molecule has 1 fully saturated rings. The van der Waals surface area contributed by atoms with E-state index >= 15 is 0 Å². The first-order valence-electron chi connectivity index (χ1n) is 5.82. The van der Waals surface area contributed by atoms with Gasteiger partial charge in [0.2, 0.25) is 0 Å². The maximum atomic E-state index is 9.75. The van der Waals surface area contributed by atoms with E-state index in [9.17, 15) is 5.11 Å². The Bertz CT molecular complexity index is 320. The largest absolute Gasteiger partial charge is 0.508 e. The van der Waals surface area contributed by atoms with E-state index in [1.165, 1.54) is 12.8 Å². The van der Waals surface area contributed by atoms with Crippen LogP contribution in [0.2, 0.25) is 0 Å². The minimum atomic E-state index is 0.298. The Hall–Kier alpha value is -1.02. The van der Waals surface area contributed by atoms with Gasteiger partial charge in [0.05, 0.1) is 0 Å². The average molecular weight is 205 g/mol. The lowest BCUT2D eigenvalue weighted by atomic mass is 10.0. The SMILES string of the molecule is CC[C@@H](NCC1CC1)c1ccccc1O. The Morgan fingerprint density at radius 1 is 1.40 bits per heavy atom. The predicted molar refractivity (Wildman–Crippen MR) is 61.9 cm³/mol. The second-order valence-corrected chi connectivity index (χ2v) is 4.37. The van der Waals surface area contributed by atoms with E-state index in [-0.39, 0.29) is 0 Å².